The zero-order valence-corrected chi connectivity index (χ0v) is 17.3. The van der Waals surface area contributed by atoms with Crippen LogP contribution in [-0.4, -0.2) is 34.7 Å². The van der Waals surface area contributed by atoms with Crippen LogP contribution in [0.2, 0.25) is 0 Å². The van der Waals surface area contributed by atoms with Crippen LogP contribution >= 0.6 is 0 Å². The van der Waals surface area contributed by atoms with Gasteiger partial charge in [0.2, 0.25) is 0 Å². The third-order valence-corrected chi connectivity index (χ3v) is 5.62. The first kappa shape index (κ1) is 19.8. The molecule has 3 N–H and O–H groups in total. The molecular formula is C25H21N4O3. The second-order valence-corrected chi connectivity index (χ2v) is 7.74. The Morgan fingerprint density at radius 3 is 2.72 bits per heavy atom. The van der Waals surface area contributed by atoms with Crippen molar-refractivity contribution in [3.63, 3.8) is 0 Å². The second-order valence-electron chi connectivity index (χ2n) is 7.74. The number of phenols is 1. The summed E-state index contributed by atoms with van der Waals surface area (Å²) >= 11 is 0. The van der Waals surface area contributed by atoms with Crippen LogP contribution in [0.4, 0.5) is 0 Å². The van der Waals surface area contributed by atoms with E-state index in [9.17, 15) is 15.3 Å². The standard InChI is InChI=1S/C25H21N4O3/c1-28-12-11-18-15-19(8-9-21(18)28)29-24(26-27-25(29)32)20-13-16(7-10-22(20)30)14-23(31)17-5-3-2-4-6-17/h2-3,5-13,15,23,30-31H,14H2,1H3,(H,27,32). The minimum absolute atomic E-state index is 0.00530. The lowest BCUT2D eigenvalue weighted by Crippen LogP contribution is -2.03. The Morgan fingerprint density at radius 1 is 1.03 bits per heavy atom. The highest BCUT2D eigenvalue weighted by Crippen LogP contribution is 2.34. The predicted molar refractivity (Wildman–Crippen MR) is 121 cm³/mol. The summed E-state index contributed by atoms with van der Waals surface area (Å²) < 4.78 is 3.50. The van der Waals surface area contributed by atoms with E-state index in [4.69, 9.17) is 0 Å². The van der Waals surface area contributed by atoms with Gasteiger partial charge in [-0.1, -0.05) is 29.4 Å². The topological polar surface area (TPSA) is 96.3 Å². The molecule has 7 heteroatoms. The Balaban J connectivity index is 1.54. The first-order valence-electron chi connectivity index (χ1n) is 10.2. The summed E-state index contributed by atoms with van der Waals surface area (Å²) in [6, 6.07) is 22.7. The van der Waals surface area contributed by atoms with E-state index in [1.807, 2.05) is 54.2 Å². The SMILES string of the molecule is Cn1ccc2cc(-n3c(O)nnc3-c3cc(CC(O)c4c[c]ccc4)ccc3O)ccc21. The van der Waals surface area contributed by atoms with E-state index in [2.05, 4.69) is 16.3 Å². The molecule has 0 spiro atoms. The number of fused-ring (bicyclic) bond motifs is 1. The Labute approximate surface area is 184 Å². The molecule has 32 heavy (non-hydrogen) atoms. The normalized spacial score (nSPS) is 12.3. The molecule has 5 rings (SSSR count). The number of aromatic hydroxyl groups is 2. The van der Waals surface area contributed by atoms with E-state index in [1.165, 1.54) is 4.57 Å². The lowest BCUT2D eigenvalue weighted by Gasteiger charge is -2.13. The predicted octanol–water partition coefficient (Wildman–Crippen LogP) is 3.91. The first-order chi connectivity index (χ1) is 15.5. The smallest absolute Gasteiger partial charge is 0.319 e. The van der Waals surface area contributed by atoms with Crippen molar-refractivity contribution in [3.05, 3.63) is 90.1 Å². The van der Waals surface area contributed by atoms with E-state index in [0.29, 0.717) is 23.5 Å². The van der Waals surface area contributed by atoms with Gasteiger partial charge in [-0.2, -0.15) is 0 Å². The fourth-order valence-electron chi connectivity index (χ4n) is 3.94. The quantitative estimate of drug-likeness (QED) is 0.397. The zero-order chi connectivity index (χ0) is 22.2. The summed E-state index contributed by atoms with van der Waals surface area (Å²) in [6.45, 7) is 0. The number of aryl methyl sites for hydroxylation is 1. The monoisotopic (exact) mass is 425 g/mol. The molecule has 1 unspecified atom stereocenters. The van der Waals surface area contributed by atoms with E-state index in [0.717, 1.165) is 22.0 Å². The van der Waals surface area contributed by atoms with Gasteiger partial charge < -0.3 is 19.9 Å². The van der Waals surface area contributed by atoms with Crippen LogP contribution < -0.4 is 0 Å². The molecule has 0 saturated carbocycles. The summed E-state index contributed by atoms with van der Waals surface area (Å²) in [6.07, 6.45) is 1.60. The Morgan fingerprint density at radius 2 is 1.91 bits per heavy atom. The molecular weight excluding hydrogens is 404 g/mol. The second kappa shape index (κ2) is 7.86. The third-order valence-electron chi connectivity index (χ3n) is 5.62. The van der Waals surface area contributed by atoms with Crippen molar-refractivity contribution in [1.29, 1.82) is 0 Å². The lowest BCUT2D eigenvalue weighted by atomic mass is 9.99. The molecule has 0 aliphatic carbocycles. The van der Waals surface area contributed by atoms with Gasteiger partial charge in [0.15, 0.2) is 5.82 Å². The van der Waals surface area contributed by atoms with Crippen LogP contribution in [0.1, 0.15) is 17.2 Å². The van der Waals surface area contributed by atoms with E-state index >= 15 is 0 Å². The number of aliphatic hydroxyl groups excluding tert-OH is 1. The van der Waals surface area contributed by atoms with Crippen LogP contribution in [0.5, 0.6) is 11.8 Å². The Bertz CT molecular complexity index is 1410. The number of aliphatic hydroxyl groups is 1. The summed E-state index contributed by atoms with van der Waals surface area (Å²) in [5, 5.41) is 40.5. The van der Waals surface area contributed by atoms with Gasteiger partial charge in [-0.25, -0.2) is 4.57 Å². The molecule has 5 aromatic rings. The summed E-state index contributed by atoms with van der Waals surface area (Å²) in [4.78, 5) is 0. The fourth-order valence-corrected chi connectivity index (χ4v) is 3.94. The third kappa shape index (κ3) is 3.48. The fraction of sp³-hybridized carbons (Fsp3) is 0.120. The highest BCUT2D eigenvalue weighted by atomic mass is 16.3. The number of hydrogen-bond donors (Lipinski definition) is 3. The van der Waals surface area contributed by atoms with Crippen molar-refractivity contribution in [3.8, 4) is 28.8 Å². The minimum Gasteiger partial charge on any atom is -0.507 e. The highest BCUT2D eigenvalue weighted by molar-refractivity contribution is 5.83. The molecule has 159 valence electrons. The maximum atomic E-state index is 10.6. The van der Waals surface area contributed by atoms with E-state index in [-0.39, 0.29) is 11.8 Å². The van der Waals surface area contributed by atoms with Crippen molar-refractivity contribution in [1.82, 2.24) is 19.3 Å². The highest BCUT2D eigenvalue weighted by Gasteiger charge is 2.19. The number of benzene rings is 3. The van der Waals surface area contributed by atoms with Crippen molar-refractivity contribution in [2.24, 2.45) is 7.05 Å². The molecule has 0 fully saturated rings. The number of rotatable bonds is 5. The van der Waals surface area contributed by atoms with Gasteiger partial charge in [-0.05, 0) is 59.7 Å². The van der Waals surface area contributed by atoms with E-state index in [1.54, 1.807) is 30.3 Å². The number of nitrogens with zero attached hydrogens (tertiary/aromatic N) is 4. The summed E-state index contributed by atoms with van der Waals surface area (Å²) in [7, 11) is 1.97. The summed E-state index contributed by atoms with van der Waals surface area (Å²) in [5.74, 6) is 0.311. The van der Waals surface area contributed by atoms with Crippen molar-refractivity contribution < 1.29 is 15.3 Å². The van der Waals surface area contributed by atoms with Crippen molar-refractivity contribution in [2.75, 3.05) is 0 Å². The molecule has 0 bridgehead atoms. The number of phenolic OH excluding ortho intramolecular Hbond substituents is 1. The molecule has 1 atom stereocenters. The van der Waals surface area contributed by atoms with E-state index < -0.39 is 6.10 Å². The molecule has 0 saturated heterocycles. The van der Waals surface area contributed by atoms with Crippen LogP contribution in [0.25, 0.3) is 28.0 Å². The molecule has 0 aliphatic heterocycles. The zero-order valence-electron chi connectivity index (χ0n) is 17.3. The van der Waals surface area contributed by atoms with Gasteiger partial charge in [-0.15, -0.1) is 5.10 Å². The minimum atomic E-state index is -0.711. The van der Waals surface area contributed by atoms with Gasteiger partial charge >= 0.3 is 6.01 Å². The Hall–Kier alpha value is -4.10. The van der Waals surface area contributed by atoms with Crippen LogP contribution in [0.3, 0.4) is 0 Å². The summed E-state index contributed by atoms with van der Waals surface area (Å²) in [5.41, 5.74) is 3.71. The number of hydrogen-bond acceptors (Lipinski definition) is 5. The molecule has 2 heterocycles. The van der Waals surface area contributed by atoms with Gasteiger partial charge in [0.1, 0.15) is 5.75 Å². The molecule has 0 aliphatic rings. The first-order valence-corrected chi connectivity index (χ1v) is 10.2. The Kier molecular flexibility index (Phi) is 4.88. The van der Waals surface area contributed by atoms with Crippen LogP contribution in [-0.2, 0) is 13.5 Å². The average Bonchev–Trinajstić information content (AvgIpc) is 3.37. The average molecular weight is 425 g/mol. The van der Waals surface area contributed by atoms with Gasteiger partial charge in [0, 0.05) is 30.6 Å². The molecule has 3 aromatic carbocycles. The maximum Gasteiger partial charge on any atom is 0.319 e. The van der Waals surface area contributed by atoms with Gasteiger partial charge in [-0.3, -0.25) is 0 Å². The van der Waals surface area contributed by atoms with Crippen molar-refractivity contribution in [2.45, 2.75) is 12.5 Å². The lowest BCUT2D eigenvalue weighted by molar-refractivity contribution is 0.178. The van der Waals surface area contributed by atoms with Crippen LogP contribution in [0.15, 0.2) is 72.9 Å². The molecule has 0 amide bonds. The molecule has 7 nitrogen and oxygen atoms in total. The van der Waals surface area contributed by atoms with Gasteiger partial charge in [0.05, 0.1) is 17.4 Å². The largest absolute Gasteiger partial charge is 0.507 e. The van der Waals surface area contributed by atoms with Crippen LogP contribution in [0, 0.1) is 6.07 Å². The van der Waals surface area contributed by atoms with Crippen molar-refractivity contribution >= 4 is 10.9 Å². The number of aromatic nitrogens is 4. The molecule has 1 radical (unpaired) electrons. The maximum absolute atomic E-state index is 10.6. The molecule has 2 aromatic heterocycles. The van der Waals surface area contributed by atoms with Gasteiger partial charge in [0.25, 0.3) is 0 Å².